The second kappa shape index (κ2) is 40.2. The van der Waals surface area contributed by atoms with Crippen molar-refractivity contribution in [2.24, 2.45) is 0 Å². The SMILES string of the molecule is CCCCCCCCCOC(=O)CCCCCCCN(CCCCCCCC(O)OC(CCCCCCCC)CCCCCCCC)CCCN1C(=O)CCC1C. The highest BCUT2D eigenvalue weighted by atomic mass is 16.6. The van der Waals surface area contributed by atoms with Gasteiger partial charge in [-0.1, -0.05) is 175 Å². The summed E-state index contributed by atoms with van der Waals surface area (Å²) in [6.45, 7) is 13.8. The third-order valence-electron chi connectivity index (χ3n) is 12.4. The number of esters is 1. The predicted molar refractivity (Wildman–Crippen MR) is 243 cm³/mol. The summed E-state index contributed by atoms with van der Waals surface area (Å²) in [5, 5.41) is 10.8. The number of likely N-dealkylation sites (tertiary alicyclic amines) is 1. The lowest BCUT2D eigenvalue weighted by molar-refractivity contribution is -0.144. The first-order valence-corrected chi connectivity index (χ1v) is 25.4. The van der Waals surface area contributed by atoms with Gasteiger partial charge in [-0.2, -0.15) is 0 Å². The van der Waals surface area contributed by atoms with E-state index in [9.17, 15) is 14.7 Å². The normalized spacial score (nSPS) is 15.1. The second-order valence-corrected chi connectivity index (χ2v) is 17.9. The summed E-state index contributed by atoms with van der Waals surface area (Å²) < 4.78 is 11.7. The van der Waals surface area contributed by atoms with Crippen molar-refractivity contribution in [2.45, 2.75) is 277 Å². The fourth-order valence-electron chi connectivity index (χ4n) is 8.54. The molecule has 0 aromatic heterocycles. The third-order valence-corrected chi connectivity index (χ3v) is 12.4. The molecule has 7 heteroatoms. The Bertz CT molecular complexity index is 871. The van der Waals surface area contributed by atoms with Crippen LogP contribution in [0.5, 0.6) is 0 Å². The molecule has 0 radical (unpaired) electrons. The standard InChI is InChI=1S/C50H98N2O5/c1-5-8-11-14-17-26-33-45-56-49(54)37-29-22-18-24-31-41-51(43-34-44-52-46(4)39-40-48(52)53)42-32-25-19-23-30-38-50(55)57-47(35-27-20-15-12-9-6-2)36-28-21-16-13-10-7-3/h46-47,50,55H,5-45H2,1-4H3. The number of unbranched alkanes of at least 4 members (excludes halogenated alkanes) is 24. The van der Waals surface area contributed by atoms with E-state index in [2.05, 4.69) is 37.5 Å². The molecule has 1 saturated heterocycles. The number of ether oxygens (including phenoxy) is 2. The Morgan fingerprint density at radius 1 is 0.614 bits per heavy atom. The number of hydrogen-bond acceptors (Lipinski definition) is 6. The van der Waals surface area contributed by atoms with Crippen LogP contribution in [0.15, 0.2) is 0 Å². The number of aliphatic hydroxyl groups excluding tert-OH is 1. The van der Waals surface area contributed by atoms with Crippen LogP contribution >= 0.6 is 0 Å². The van der Waals surface area contributed by atoms with Gasteiger partial charge >= 0.3 is 5.97 Å². The van der Waals surface area contributed by atoms with E-state index in [-0.39, 0.29) is 12.1 Å². The van der Waals surface area contributed by atoms with E-state index < -0.39 is 6.29 Å². The van der Waals surface area contributed by atoms with Crippen LogP contribution in [0, 0.1) is 0 Å². The maximum Gasteiger partial charge on any atom is 0.305 e. The highest BCUT2D eigenvalue weighted by Crippen LogP contribution is 2.21. The molecule has 1 amide bonds. The summed E-state index contributed by atoms with van der Waals surface area (Å²) in [6, 6.07) is 0.388. The number of carbonyl (C=O) groups excluding carboxylic acids is 2. The molecule has 1 N–H and O–H groups in total. The topological polar surface area (TPSA) is 79.3 Å². The third kappa shape index (κ3) is 33.3. The van der Waals surface area contributed by atoms with E-state index in [0.717, 1.165) is 90.4 Å². The molecule has 1 rings (SSSR count). The molecular weight excluding hydrogens is 709 g/mol. The van der Waals surface area contributed by atoms with Crippen molar-refractivity contribution in [3.8, 4) is 0 Å². The smallest absolute Gasteiger partial charge is 0.305 e. The Kier molecular flexibility index (Phi) is 38.0. The molecule has 0 bridgehead atoms. The maximum absolute atomic E-state index is 12.3. The van der Waals surface area contributed by atoms with E-state index >= 15 is 0 Å². The predicted octanol–water partition coefficient (Wildman–Crippen LogP) is 13.9. The average molecular weight is 807 g/mol. The minimum Gasteiger partial charge on any atom is -0.466 e. The number of amides is 1. The number of hydrogen-bond donors (Lipinski definition) is 1. The fraction of sp³-hybridized carbons (Fsp3) is 0.960. The van der Waals surface area contributed by atoms with Gasteiger partial charge in [-0.15, -0.1) is 0 Å². The van der Waals surface area contributed by atoms with E-state index in [1.165, 1.54) is 154 Å². The van der Waals surface area contributed by atoms with Gasteiger partial charge in [0.05, 0.1) is 12.7 Å². The Hall–Kier alpha value is -1.18. The molecule has 1 heterocycles. The number of nitrogens with zero attached hydrogens (tertiary/aromatic N) is 2. The molecule has 0 aliphatic carbocycles. The Morgan fingerprint density at radius 3 is 1.56 bits per heavy atom. The van der Waals surface area contributed by atoms with Gasteiger partial charge < -0.3 is 24.4 Å². The van der Waals surface area contributed by atoms with Crippen LogP contribution in [0.25, 0.3) is 0 Å². The van der Waals surface area contributed by atoms with E-state index in [4.69, 9.17) is 9.47 Å². The van der Waals surface area contributed by atoms with Gasteiger partial charge in [-0.25, -0.2) is 0 Å². The molecular formula is C50H98N2O5. The highest BCUT2D eigenvalue weighted by molar-refractivity contribution is 5.78. The van der Waals surface area contributed by atoms with Crippen LogP contribution in [0.3, 0.4) is 0 Å². The molecule has 0 spiro atoms. The van der Waals surface area contributed by atoms with Crippen LogP contribution in [-0.4, -0.2) is 78.0 Å². The van der Waals surface area contributed by atoms with Crippen molar-refractivity contribution in [1.82, 2.24) is 9.80 Å². The van der Waals surface area contributed by atoms with Crippen molar-refractivity contribution in [3.63, 3.8) is 0 Å². The fourth-order valence-corrected chi connectivity index (χ4v) is 8.54. The second-order valence-electron chi connectivity index (χ2n) is 17.9. The van der Waals surface area contributed by atoms with Crippen LogP contribution in [0.4, 0.5) is 0 Å². The molecule has 2 unspecified atom stereocenters. The summed E-state index contributed by atoms with van der Waals surface area (Å²) in [7, 11) is 0. The number of carbonyl (C=O) groups is 2. The lowest BCUT2D eigenvalue weighted by atomic mass is 10.0. The maximum atomic E-state index is 12.3. The Balaban J connectivity index is 2.30. The Morgan fingerprint density at radius 2 is 1.05 bits per heavy atom. The largest absolute Gasteiger partial charge is 0.466 e. The van der Waals surface area contributed by atoms with Gasteiger partial charge in [-0.05, 0) is 90.8 Å². The summed E-state index contributed by atoms with van der Waals surface area (Å²) in [5.41, 5.74) is 0. The van der Waals surface area contributed by atoms with E-state index in [1.807, 2.05) is 0 Å². The van der Waals surface area contributed by atoms with Crippen molar-refractivity contribution in [2.75, 3.05) is 32.8 Å². The van der Waals surface area contributed by atoms with Gasteiger partial charge in [0, 0.05) is 25.4 Å². The van der Waals surface area contributed by atoms with Crippen LogP contribution < -0.4 is 0 Å². The van der Waals surface area contributed by atoms with Crippen molar-refractivity contribution in [3.05, 3.63) is 0 Å². The summed E-state index contributed by atoms with van der Waals surface area (Å²) in [6.07, 6.45) is 41.6. The molecule has 7 nitrogen and oxygen atoms in total. The first-order chi connectivity index (χ1) is 27.9. The zero-order chi connectivity index (χ0) is 41.4. The van der Waals surface area contributed by atoms with Gasteiger partial charge in [0.15, 0.2) is 6.29 Å². The molecule has 1 aliphatic rings. The molecule has 57 heavy (non-hydrogen) atoms. The quantitative estimate of drug-likeness (QED) is 0.0375. The summed E-state index contributed by atoms with van der Waals surface area (Å²) in [5.74, 6) is 0.311. The molecule has 1 fully saturated rings. The van der Waals surface area contributed by atoms with E-state index in [0.29, 0.717) is 31.4 Å². The molecule has 0 saturated carbocycles. The van der Waals surface area contributed by atoms with Crippen LogP contribution in [0.2, 0.25) is 0 Å². The molecule has 2 atom stereocenters. The average Bonchev–Trinajstić information content (AvgIpc) is 3.52. The van der Waals surface area contributed by atoms with Crippen molar-refractivity contribution in [1.29, 1.82) is 0 Å². The Labute approximate surface area is 354 Å². The number of aliphatic hydroxyl groups is 1. The monoisotopic (exact) mass is 807 g/mol. The van der Waals surface area contributed by atoms with Crippen LogP contribution in [-0.2, 0) is 19.1 Å². The van der Waals surface area contributed by atoms with Gasteiger partial charge in [-0.3, -0.25) is 9.59 Å². The molecule has 338 valence electrons. The van der Waals surface area contributed by atoms with Gasteiger partial charge in [0.2, 0.25) is 5.91 Å². The zero-order valence-electron chi connectivity index (χ0n) is 38.7. The van der Waals surface area contributed by atoms with Gasteiger partial charge in [0.1, 0.15) is 0 Å². The highest BCUT2D eigenvalue weighted by Gasteiger charge is 2.26. The lowest BCUT2D eigenvalue weighted by Gasteiger charge is -2.26. The van der Waals surface area contributed by atoms with Crippen molar-refractivity contribution >= 4 is 11.9 Å². The number of rotatable bonds is 44. The van der Waals surface area contributed by atoms with E-state index in [1.54, 1.807) is 0 Å². The summed E-state index contributed by atoms with van der Waals surface area (Å²) in [4.78, 5) is 29.2. The lowest BCUT2D eigenvalue weighted by Crippen LogP contribution is -2.35. The zero-order valence-corrected chi connectivity index (χ0v) is 38.7. The molecule has 0 aromatic carbocycles. The molecule has 0 aromatic rings. The summed E-state index contributed by atoms with van der Waals surface area (Å²) >= 11 is 0. The van der Waals surface area contributed by atoms with Gasteiger partial charge in [0.25, 0.3) is 0 Å². The minimum atomic E-state index is -0.621. The first-order valence-electron chi connectivity index (χ1n) is 25.4. The van der Waals surface area contributed by atoms with Crippen molar-refractivity contribution < 1.29 is 24.2 Å². The van der Waals surface area contributed by atoms with Crippen LogP contribution in [0.1, 0.15) is 259 Å². The minimum absolute atomic E-state index is 0.0197. The molecule has 1 aliphatic heterocycles. The first kappa shape index (κ1) is 53.8.